The lowest BCUT2D eigenvalue weighted by Crippen LogP contribution is -2.50. The summed E-state index contributed by atoms with van der Waals surface area (Å²) in [5.41, 5.74) is -0.557. The monoisotopic (exact) mass is 343 g/mol. The number of esters is 1. The van der Waals surface area contributed by atoms with Gasteiger partial charge in [0.25, 0.3) is 5.91 Å². The Hall–Kier alpha value is -3.06. The molecule has 0 fully saturated rings. The molecule has 0 aromatic heterocycles. The lowest BCUT2D eigenvalue weighted by molar-refractivity contribution is -0.155. The summed E-state index contributed by atoms with van der Waals surface area (Å²) in [7, 11) is 0. The van der Waals surface area contributed by atoms with Crippen LogP contribution >= 0.6 is 0 Å². The number of hydrogen-bond acceptors (Lipinski definition) is 6. The molecule has 0 radical (unpaired) electrons. The quantitative estimate of drug-likeness (QED) is 0.757. The Morgan fingerprint density at radius 1 is 1.20 bits per heavy atom. The summed E-state index contributed by atoms with van der Waals surface area (Å²) in [4.78, 5) is 23.8. The van der Waals surface area contributed by atoms with Crippen molar-refractivity contribution < 1.29 is 19.1 Å². The fraction of sp³-hybridized carbons (Fsp3) is 0.444. The fourth-order valence-corrected chi connectivity index (χ4v) is 1.74. The number of carbonyl (C=O) groups is 2. The fourth-order valence-electron chi connectivity index (χ4n) is 1.74. The predicted molar refractivity (Wildman–Crippen MR) is 89.2 cm³/mol. The molecule has 0 aliphatic carbocycles. The minimum atomic E-state index is -1.03. The molecule has 1 N–H and O–H groups in total. The van der Waals surface area contributed by atoms with E-state index in [4.69, 9.17) is 20.0 Å². The highest BCUT2D eigenvalue weighted by Gasteiger charge is 2.30. The lowest BCUT2D eigenvalue weighted by Gasteiger charge is -2.27. The molecule has 2 atom stereocenters. The smallest absolute Gasteiger partial charge is 0.347 e. The number of nitrogens with zero attached hydrogens (tertiary/aromatic N) is 2. The van der Waals surface area contributed by atoms with Crippen LogP contribution in [0.1, 0.15) is 33.3 Å². The minimum Gasteiger partial charge on any atom is -0.479 e. The van der Waals surface area contributed by atoms with Crippen LogP contribution in [0.15, 0.2) is 24.3 Å². The molecule has 0 heterocycles. The maximum atomic E-state index is 11.9. The van der Waals surface area contributed by atoms with Gasteiger partial charge in [-0.3, -0.25) is 4.79 Å². The number of hydrogen-bond donors (Lipinski definition) is 1. The van der Waals surface area contributed by atoms with Crippen LogP contribution in [0, 0.1) is 28.6 Å². The van der Waals surface area contributed by atoms with Gasteiger partial charge in [0.15, 0.2) is 12.7 Å². The van der Waals surface area contributed by atoms with Gasteiger partial charge < -0.3 is 14.8 Å². The average Bonchev–Trinajstić information content (AvgIpc) is 2.59. The van der Waals surface area contributed by atoms with Crippen LogP contribution in [-0.2, 0) is 14.3 Å². The first kappa shape index (κ1) is 20.0. The summed E-state index contributed by atoms with van der Waals surface area (Å²) in [6.07, 6.45) is -0.923. The third-order valence-electron chi connectivity index (χ3n) is 3.76. The molecular weight excluding hydrogens is 322 g/mol. The summed E-state index contributed by atoms with van der Waals surface area (Å²) in [5.74, 6) is -0.958. The molecule has 0 saturated heterocycles. The maximum Gasteiger partial charge on any atom is 0.347 e. The first-order valence-electron chi connectivity index (χ1n) is 7.77. The highest BCUT2D eigenvalue weighted by molar-refractivity contribution is 5.82. The van der Waals surface area contributed by atoms with E-state index in [1.165, 1.54) is 6.92 Å². The molecule has 0 saturated carbocycles. The Labute approximate surface area is 147 Å². The van der Waals surface area contributed by atoms with Crippen molar-refractivity contribution in [2.45, 2.75) is 39.3 Å². The standard InChI is InChI=1S/C18H21N3O4/c1-12(2)18(4,11-20)21-16(22)10-24-17(23)13(3)25-15-7-5-14(9-19)6-8-15/h5-8,12-13H,10H2,1-4H3,(H,21,22)/t13-,18+/m0/s1. The number of benzene rings is 1. The van der Waals surface area contributed by atoms with Crippen LogP contribution in [0.4, 0.5) is 0 Å². The zero-order valence-electron chi connectivity index (χ0n) is 14.7. The molecule has 0 aliphatic rings. The summed E-state index contributed by atoms with van der Waals surface area (Å²) < 4.78 is 10.3. The Bertz CT molecular complexity index is 701. The largest absolute Gasteiger partial charge is 0.479 e. The number of nitrogens with one attached hydrogen (secondary N) is 1. The van der Waals surface area contributed by atoms with Gasteiger partial charge in [0.1, 0.15) is 11.3 Å². The van der Waals surface area contributed by atoms with Crippen LogP contribution in [0.2, 0.25) is 0 Å². The maximum absolute atomic E-state index is 11.9. The predicted octanol–water partition coefficient (Wildman–Crippen LogP) is 1.92. The second kappa shape index (κ2) is 8.70. The number of amides is 1. The van der Waals surface area contributed by atoms with Crippen LogP contribution < -0.4 is 10.1 Å². The van der Waals surface area contributed by atoms with Gasteiger partial charge in [-0.25, -0.2) is 4.79 Å². The lowest BCUT2D eigenvalue weighted by atomic mass is 9.90. The van der Waals surface area contributed by atoms with Crippen molar-refractivity contribution in [3.8, 4) is 17.9 Å². The van der Waals surface area contributed by atoms with E-state index in [1.807, 2.05) is 26.0 Å². The van der Waals surface area contributed by atoms with Crippen LogP contribution in [-0.4, -0.2) is 30.1 Å². The summed E-state index contributed by atoms with van der Waals surface area (Å²) in [6, 6.07) is 10.3. The van der Waals surface area contributed by atoms with Crippen molar-refractivity contribution in [3.63, 3.8) is 0 Å². The van der Waals surface area contributed by atoms with Gasteiger partial charge in [0.05, 0.1) is 17.7 Å². The van der Waals surface area contributed by atoms with E-state index in [1.54, 1.807) is 31.2 Å². The zero-order valence-corrected chi connectivity index (χ0v) is 14.7. The SMILES string of the molecule is CC(C)[C@@](C)(C#N)NC(=O)COC(=O)[C@H](C)Oc1ccc(C#N)cc1. The van der Waals surface area contributed by atoms with Crippen molar-refractivity contribution in [2.75, 3.05) is 6.61 Å². The minimum absolute atomic E-state index is 0.101. The van der Waals surface area contributed by atoms with Crippen LogP contribution in [0.25, 0.3) is 0 Å². The number of rotatable bonds is 7. The van der Waals surface area contributed by atoms with Crippen molar-refractivity contribution in [2.24, 2.45) is 5.92 Å². The zero-order chi connectivity index (χ0) is 19.0. The number of ether oxygens (including phenoxy) is 2. The Morgan fingerprint density at radius 3 is 2.28 bits per heavy atom. The van der Waals surface area contributed by atoms with E-state index in [9.17, 15) is 9.59 Å². The Kier molecular flexibility index (Phi) is 6.95. The Balaban J connectivity index is 2.51. The molecule has 0 unspecified atom stereocenters. The van der Waals surface area contributed by atoms with Gasteiger partial charge in [-0.15, -0.1) is 0 Å². The molecule has 132 valence electrons. The van der Waals surface area contributed by atoms with Gasteiger partial charge in [0.2, 0.25) is 0 Å². The van der Waals surface area contributed by atoms with Crippen molar-refractivity contribution in [1.29, 1.82) is 10.5 Å². The van der Waals surface area contributed by atoms with Crippen LogP contribution in [0.5, 0.6) is 5.75 Å². The topological polar surface area (TPSA) is 112 Å². The summed E-state index contributed by atoms with van der Waals surface area (Å²) in [6.45, 7) is 6.22. The molecule has 25 heavy (non-hydrogen) atoms. The number of nitriles is 2. The van der Waals surface area contributed by atoms with E-state index in [2.05, 4.69) is 5.32 Å². The molecule has 0 aliphatic heterocycles. The third kappa shape index (κ3) is 5.82. The summed E-state index contributed by atoms with van der Waals surface area (Å²) >= 11 is 0. The highest BCUT2D eigenvalue weighted by atomic mass is 16.6. The van der Waals surface area contributed by atoms with Crippen molar-refractivity contribution in [1.82, 2.24) is 5.32 Å². The van der Waals surface area contributed by atoms with Gasteiger partial charge in [-0.05, 0) is 44.0 Å². The van der Waals surface area contributed by atoms with Crippen molar-refractivity contribution >= 4 is 11.9 Å². The Morgan fingerprint density at radius 2 is 1.80 bits per heavy atom. The van der Waals surface area contributed by atoms with E-state index < -0.39 is 30.1 Å². The first-order valence-corrected chi connectivity index (χ1v) is 7.77. The van der Waals surface area contributed by atoms with Gasteiger partial charge in [0, 0.05) is 0 Å². The average molecular weight is 343 g/mol. The molecule has 1 aromatic carbocycles. The van der Waals surface area contributed by atoms with Gasteiger partial charge in [-0.2, -0.15) is 10.5 Å². The molecule has 7 heteroatoms. The van der Waals surface area contributed by atoms with Crippen LogP contribution in [0.3, 0.4) is 0 Å². The van der Waals surface area contributed by atoms with E-state index in [0.717, 1.165) is 0 Å². The molecule has 0 bridgehead atoms. The van der Waals surface area contributed by atoms with E-state index >= 15 is 0 Å². The number of carbonyl (C=O) groups excluding carboxylic acids is 2. The molecular formula is C18H21N3O4. The second-order valence-corrected chi connectivity index (χ2v) is 6.02. The van der Waals surface area contributed by atoms with Gasteiger partial charge in [-0.1, -0.05) is 13.8 Å². The normalized spacial score (nSPS) is 13.7. The molecule has 1 amide bonds. The third-order valence-corrected chi connectivity index (χ3v) is 3.76. The highest BCUT2D eigenvalue weighted by Crippen LogP contribution is 2.15. The molecule has 1 rings (SSSR count). The molecule has 1 aromatic rings. The van der Waals surface area contributed by atoms with E-state index in [0.29, 0.717) is 11.3 Å². The van der Waals surface area contributed by atoms with Gasteiger partial charge >= 0.3 is 5.97 Å². The first-order chi connectivity index (χ1) is 11.7. The molecule has 7 nitrogen and oxygen atoms in total. The molecule has 0 spiro atoms. The summed E-state index contributed by atoms with van der Waals surface area (Å²) in [5, 5.41) is 20.4. The van der Waals surface area contributed by atoms with E-state index in [-0.39, 0.29) is 5.92 Å². The second-order valence-electron chi connectivity index (χ2n) is 6.02. The van der Waals surface area contributed by atoms with Crippen molar-refractivity contribution in [3.05, 3.63) is 29.8 Å².